The summed E-state index contributed by atoms with van der Waals surface area (Å²) in [7, 11) is -2.15. The van der Waals surface area contributed by atoms with E-state index in [-0.39, 0.29) is 10.5 Å². The summed E-state index contributed by atoms with van der Waals surface area (Å²) >= 11 is 0. The van der Waals surface area contributed by atoms with Crippen LogP contribution in [0.5, 0.6) is 0 Å². The minimum absolute atomic E-state index is 0.0290. The second kappa shape index (κ2) is 4.85. The molecular formula is C11H15NO4S. The molecule has 6 heteroatoms. The Balaban J connectivity index is 3.40. The number of aromatic carboxylic acids is 1. The van der Waals surface area contributed by atoms with Gasteiger partial charge in [-0.2, -0.15) is 0 Å². The van der Waals surface area contributed by atoms with E-state index >= 15 is 0 Å². The van der Waals surface area contributed by atoms with Crippen LogP contribution in [0.25, 0.3) is 0 Å². The van der Waals surface area contributed by atoms with Gasteiger partial charge < -0.3 is 5.11 Å². The first-order chi connectivity index (χ1) is 7.80. The number of hydrogen-bond acceptors (Lipinski definition) is 3. The van der Waals surface area contributed by atoms with Gasteiger partial charge in [-0.25, -0.2) is 17.5 Å². The lowest BCUT2D eigenvalue weighted by Crippen LogP contribution is -2.27. The van der Waals surface area contributed by atoms with Gasteiger partial charge in [0.1, 0.15) is 0 Å². The molecule has 0 aromatic heterocycles. The van der Waals surface area contributed by atoms with Crippen molar-refractivity contribution in [1.29, 1.82) is 0 Å². The van der Waals surface area contributed by atoms with Crippen LogP contribution in [-0.2, 0) is 10.0 Å². The monoisotopic (exact) mass is 257 g/mol. The van der Waals surface area contributed by atoms with E-state index in [1.165, 1.54) is 29.6 Å². The third-order valence-electron chi connectivity index (χ3n) is 2.57. The molecule has 0 aliphatic rings. The Morgan fingerprint density at radius 2 is 2.00 bits per heavy atom. The third-order valence-corrected chi connectivity index (χ3v) is 4.64. The van der Waals surface area contributed by atoms with Gasteiger partial charge in [-0.05, 0) is 24.6 Å². The smallest absolute Gasteiger partial charge is 0.335 e. The maximum absolute atomic E-state index is 12.1. The zero-order chi connectivity index (χ0) is 13.2. The van der Waals surface area contributed by atoms with E-state index in [0.29, 0.717) is 12.1 Å². The van der Waals surface area contributed by atoms with Gasteiger partial charge in [-0.3, -0.25) is 0 Å². The predicted octanol–water partition coefficient (Wildman–Crippen LogP) is 1.33. The first-order valence-electron chi connectivity index (χ1n) is 5.11. The molecule has 0 fully saturated rings. The summed E-state index contributed by atoms with van der Waals surface area (Å²) in [5, 5.41) is 8.85. The van der Waals surface area contributed by atoms with E-state index in [1.807, 2.05) is 0 Å². The number of carboxylic acids is 1. The highest BCUT2D eigenvalue weighted by molar-refractivity contribution is 7.89. The molecule has 0 aliphatic carbocycles. The van der Waals surface area contributed by atoms with Gasteiger partial charge in [0.25, 0.3) is 0 Å². The Morgan fingerprint density at radius 1 is 1.41 bits per heavy atom. The van der Waals surface area contributed by atoms with E-state index in [2.05, 4.69) is 0 Å². The number of aryl methyl sites for hydroxylation is 1. The fourth-order valence-corrected chi connectivity index (χ4v) is 2.78. The lowest BCUT2D eigenvalue weighted by atomic mass is 10.1. The second-order valence-corrected chi connectivity index (χ2v) is 5.72. The molecule has 1 aromatic rings. The van der Waals surface area contributed by atoms with Crippen molar-refractivity contribution in [2.24, 2.45) is 0 Å². The molecular weight excluding hydrogens is 242 g/mol. The molecule has 0 saturated carbocycles. The van der Waals surface area contributed by atoms with E-state index < -0.39 is 16.0 Å². The molecule has 0 aliphatic heterocycles. The van der Waals surface area contributed by atoms with Crippen molar-refractivity contribution in [1.82, 2.24) is 4.31 Å². The van der Waals surface area contributed by atoms with Gasteiger partial charge in [-0.15, -0.1) is 0 Å². The Kier molecular flexibility index (Phi) is 3.90. The predicted molar refractivity (Wildman–Crippen MR) is 63.6 cm³/mol. The minimum Gasteiger partial charge on any atom is -0.478 e. The van der Waals surface area contributed by atoms with E-state index in [9.17, 15) is 13.2 Å². The first-order valence-corrected chi connectivity index (χ1v) is 6.55. The van der Waals surface area contributed by atoms with Crippen LogP contribution in [-0.4, -0.2) is 37.4 Å². The summed E-state index contributed by atoms with van der Waals surface area (Å²) in [6.07, 6.45) is 0. The Bertz CT molecular complexity index is 536. The standard InChI is InChI=1S/C11H15NO4S/c1-4-12(3)17(15,16)10-7-9(11(13)14)6-5-8(10)2/h5-7H,4H2,1-3H3,(H,13,14). The molecule has 1 N–H and O–H groups in total. The minimum atomic E-state index is -3.61. The average Bonchev–Trinajstić information content (AvgIpc) is 2.27. The molecule has 0 amide bonds. The lowest BCUT2D eigenvalue weighted by Gasteiger charge is -2.16. The van der Waals surface area contributed by atoms with Crippen LogP contribution in [0.2, 0.25) is 0 Å². The molecule has 17 heavy (non-hydrogen) atoms. The van der Waals surface area contributed by atoms with Gasteiger partial charge in [0.15, 0.2) is 0 Å². The maximum Gasteiger partial charge on any atom is 0.335 e. The number of carbonyl (C=O) groups is 1. The van der Waals surface area contributed by atoms with Crippen molar-refractivity contribution < 1.29 is 18.3 Å². The van der Waals surface area contributed by atoms with Gasteiger partial charge >= 0.3 is 5.97 Å². The quantitative estimate of drug-likeness (QED) is 0.883. The molecule has 0 bridgehead atoms. The summed E-state index contributed by atoms with van der Waals surface area (Å²) in [6.45, 7) is 3.69. The van der Waals surface area contributed by atoms with Crippen molar-refractivity contribution in [2.75, 3.05) is 13.6 Å². The Hall–Kier alpha value is -1.40. The fraction of sp³-hybridized carbons (Fsp3) is 0.364. The van der Waals surface area contributed by atoms with Crippen molar-refractivity contribution >= 4 is 16.0 Å². The van der Waals surface area contributed by atoms with Crippen molar-refractivity contribution in [3.63, 3.8) is 0 Å². The highest BCUT2D eigenvalue weighted by Crippen LogP contribution is 2.20. The number of hydrogen-bond donors (Lipinski definition) is 1. The number of rotatable bonds is 4. The first kappa shape index (κ1) is 13.7. The maximum atomic E-state index is 12.1. The summed E-state index contributed by atoms with van der Waals surface area (Å²) in [5.74, 6) is -1.14. The molecule has 5 nitrogen and oxygen atoms in total. The van der Waals surface area contributed by atoms with Crippen LogP contribution < -0.4 is 0 Å². The van der Waals surface area contributed by atoms with Gasteiger partial charge in [-0.1, -0.05) is 13.0 Å². The van der Waals surface area contributed by atoms with Gasteiger partial charge in [0, 0.05) is 13.6 Å². The average molecular weight is 257 g/mol. The fourth-order valence-electron chi connectivity index (χ4n) is 1.35. The molecule has 94 valence electrons. The van der Waals surface area contributed by atoms with Gasteiger partial charge in [0.2, 0.25) is 10.0 Å². The second-order valence-electron chi connectivity index (χ2n) is 3.70. The van der Waals surface area contributed by atoms with Crippen molar-refractivity contribution in [3.05, 3.63) is 29.3 Å². The molecule has 0 radical (unpaired) electrons. The van der Waals surface area contributed by atoms with Crippen LogP contribution in [0.3, 0.4) is 0 Å². The Labute approximate surface area is 101 Å². The van der Waals surface area contributed by atoms with Crippen LogP contribution >= 0.6 is 0 Å². The molecule has 0 atom stereocenters. The zero-order valence-electron chi connectivity index (χ0n) is 9.97. The summed E-state index contributed by atoms with van der Waals surface area (Å²) in [6, 6.07) is 4.08. The van der Waals surface area contributed by atoms with Crippen LogP contribution in [0.15, 0.2) is 23.1 Å². The molecule has 0 spiro atoms. The third kappa shape index (κ3) is 2.65. The molecule has 0 unspecified atom stereocenters. The Morgan fingerprint density at radius 3 is 2.47 bits per heavy atom. The van der Waals surface area contributed by atoms with E-state index in [4.69, 9.17) is 5.11 Å². The van der Waals surface area contributed by atoms with Crippen LogP contribution in [0.4, 0.5) is 0 Å². The summed E-state index contributed by atoms with van der Waals surface area (Å²) in [4.78, 5) is 10.9. The number of sulfonamides is 1. The van der Waals surface area contributed by atoms with Gasteiger partial charge in [0.05, 0.1) is 10.5 Å². The topological polar surface area (TPSA) is 74.7 Å². The van der Waals surface area contributed by atoms with Crippen molar-refractivity contribution in [3.8, 4) is 0 Å². The number of benzene rings is 1. The highest BCUT2D eigenvalue weighted by Gasteiger charge is 2.22. The van der Waals surface area contributed by atoms with E-state index in [0.717, 1.165) is 0 Å². The summed E-state index contributed by atoms with van der Waals surface area (Å²) in [5.41, 5.74) is 0.508. The summed E-state index contributed by atoms with van der Waals surface area (Å²) < 4.78 is 25.4. The lowest BCUT2D eigenvalue weighted by molar-refractivity contribution is 0.0696. The van der Waals surface area contributed by atoms with Crippen LogP contribution in [0.1, 0.15) is 22.8 Å². The normalized spacial score (nSPS) is 11.8. The highest BCUT2D eigenvalue weighted by atomic mass is 32.2. The number of nitrogens with zero attached hydrogens (tertiary/aromatic N) is 1. The van der Waals surface area contributed by atoms with Crippen molar-refractivity contribution in [2.45, 2.75) is 18.7 Å². The molecule has 0 heterocycles. The molecule has 1 aromatic carbocycles. The zero-order valence-corrected chi connectivity index (χ0v) is 10.8. The SMILES string of the molecule is CCN(C)S(=O)(=O)c1cc(C(=O)O)ccc1C. The molecule has 1 rings (SSSR count). The van der Waals surface area contributed by atoms with E-state index in [1.54, 1.807) is 13.8 Å². The largest absolute Gasteiger partial charge is 0.478 e. The van der Waals surface area contributed by atoms with Crippen LogP contribution in [0, 0.1) is 6.92 Å². The number of carboxylic acid groups (broad SMARTS) is 1. The molecule has 0 saturated heterocycles.